The maximum absolute atomic E-state index is 12.4. The van der Waals surface area contributed by atoms with Gasteiger partial charge in [0.25, 0.3) is 0 Å². The van der Waals surface area contributed by atoms with Crippen molar-refractivity contribution in [2.45, 2.75) is 45.4 Å². The Bertz CT molecular complexity index is 393. The Morgan fingerprint density at radius 2 is 1.52 bits per heavy atom. The van der Waals surface area contributed by atoms with E-state index in [-0.39, 0.29) is 0 Å². The molecule has 1 aliphatic rings. The van der Waals surface area contributed by atoms with Gasteiger partial charge in [-0.1, -0.05) is 26.2 Å². The van der Waals surface area contributed by atoms with Crippen molar-refractivity contribution in [3.63, 3.8) is 0 Å². The van der Waals surface area contributed by atoms with Crippen LogP contribution in [0.15, 0.2) is 0 Å². The van der Waals surface area contributed by atoms with Gasteiger partial charge >= 0.3 is 6.03 Å². The van der Waals surface area contributed by atoms with E-state index in [4.69, 9.17) is 0 Å². The second kappa shape index (κ2) is 7.77. The topological polar surface area (TPSA) is 57.7 Å². The lowest BCUT2D eigenvalue weighted by Gasteiger charge is -2.41. The van der Waals surface area contributed by atoms with Crippen molar-refractivity contribution >= 4 is 30.0 Å². The molecule has 0 atom stereocenters. The van der Waals surface area contributed by atoms with E-state index in [1.165, 1.54) is 14.1 Å². The largest absolute Gasteiger partial charge is 0.332 e. The smallest absolute Gasteiger partial charge is 0.273 e. The molecule has 0 spiro atoms. The van der Waals surface area contributed by atoms with E-state index in [2.05, 4.69) is 0 Å². The fraction of sp³-hybridized carbons (Fsp3) is 0.786. The van der Waals surface area contributed by atoms with E-state index in [9.17, 15) is 18.3 Å². The lowest BCUT2D eigenvalue weighted by atomic mass is 9.76. The second-order valence-electron chi connectivity index (χ2n) is 5.42. The lowest BCUT2D eigenvalue weighted by Crippen LogP contribution is -2.62. The fourth-order valence-corrected chi connectivity index (χ4v) is 3.08. The van der Waals surface area contributed by atoms with Gasteiger partial charge in [0.15, 0.2) is 0 Å². The first-order valence-corrected chi connectivity index (χ1v) is 8.14. The van der Waals surface area contributed by atoms with Crippen LogP contribution in [0.1, 0.15) is 45.4 Å². The zero-order valence-corrected chi connectivity index (χ0v) is 13.7. The summed E-state index contributed by atoms with van der Waals surface area (Å²) in [5.41, 5.74) is -1.12. The number of carbonyl (C=O) groups excluding carboxylic acids is 3. The Kier molecular flexibility index (Phi) is 6.64. The van der Waals surface area contributed by atoms with E-state index >= 15 is 0 Å². The number of amides is 4. The van der Waals surface area contributed by atoms with Crippen molar-refractivity contribution in [1.82, 2.24) is 9.80 Å². The van der Waals surface area contributed by atoms with Crippen LogP contribution in [-0.4, -0.2) is 47.5 Å². The van der Waals surface area contributed by atoms with E-state index in [1.807, 2.05) is 0 Å². The molecule has 1 aliphatic heterocycles. The Balaban J connectivity index is 2.70. The van der Waals surface area contributed by atoms with Gasteiger partial charge in [0.05, 0.1) is 0 Å². The molecule has 0 radical (unpaired) electrons. The molecular weight excluding hydrogens is 295 g/mol. The summed E-state index contributed by atoms with van der Waals surface area (Å²) in [5.74, 6) is -0.327. The average molecular weight is 318 g/mol. The van der Waals surface area contributed by atoms with Crippen molar-refractivity contribution in [1.29, 1.82) is 0 Å². The zero-order chi connectivity index (χ0) is 16.0. The van der Waals surface area contributed by atoms with Gasteiger partial charge in [-0.2, -0.15) is 3.89 Å². The molecule has 1 saturated heterocycles. The van der Waals surface area contributed by atoms with Gasteiger partial charge in [-0.25, -0.2) is 4.79 Å². The van der Waals surface area contributed by atoms with Gasteiger partial charge < -0.3 is 0 Å². The van der Waals surface area contributed by atoms with E-state index in [1.54, 1.807) is 6.92 Å². The third-order valence-electron chi connectivity index (χ3n) is 4.18. The number of urea groups is 1. The van der Waals surface area contributed by atoms with Crippen LogP contribution in [0.5, 0.6) is 0 Å². The molecule has 0 N–H and O–H groups in total. The molecule has 7 heteroatoms. The van der Waals surface area contributed by atoms with Crippen LogP contribution in [0.4, 0.5) is 8.68 Å². The molecule has 5 nitrogen and oxygen atoms in total. The Morgan fingerprint density at radius 3 is 2.00 bits per heavy atom. The predicted molar refractivity (Wildman–Crippen MR) is 80.3 cm³/mol. The molecule has 0 aromatic carbocycles. The molecule has 0 aromatic heterocycles. The minimum atomic E-state index is -1.12. The van der Waals surface area contributed by atoms with Crippen molar-refractivity contribution < 1.29 is 18.3 Å². The highest BCUT2D eigenvalue weighted by molar-refractivity contribution is 7.94. The predicted octanol–water partition coefficient (Wildman–Crippen LogP) is 3.00. The molecule has 120 valence electrons. The summed E-state index contributed by atoms with van der Waals surface area (Å²) in [6.07, 6.45) is 4.06. The first-order chi connectivity index (χ1) is 9.92. The number of barbiturate groups is 1. The number of imide groups is 2. The normalized spacial score (nSPS) is 18.6. The number of hydrogen-bond donors (Lipinski definition) is 0. The van der Waals surface area contributed by atoms with Crippen LogP contribution in [-0.2, 0) is 9.59 Å². The molecule has 4 amide bonds. The highest BCUT2D eigenvalue weighted by Gasteiger charge is 2.53. The molecule has 0 bridgehead atoms. The molecule has 21 heavy (non-hydrogen) atoms. The van der Waals surface area contributed by atoms with Crippen molar-refractivity contribution in [3.05, 3.63) is 0 Å². The highest BCUT2D eigenvalue weighted by atomic mass is 32.2. The highest BCUT2D eigenvalue weighted by Crippen LogP contribution is 2.36. The van der Waals surface area contributed by atoms with Crippen LogP contribution in [0.2, 0.25) is 0 Å². The summed E-state index contributed by atoms with van der Waals surface area (Å²) in [6, 6.07) is -0.575. The number of unbranched alkanes of at least 4 members (excludes halogenated alkanes) is 3. The van der Waals surface area contributed by atoms with Gasteiger partial charge in [-0.3, -0.25) is 19.4 Å². The molecule has 0 aliphatic carbocycles. The van der Waals surface area contributed by atoms with Crippen LogP contribution in [0, 0.1) is 5.41 Å². The van der Waals surface area contributed by atoms with Crippen LogP contribution >= 0.6 is 12.1 Å². The van der Waals surface area contributed by atoms with Gasteiger partial charge in [0.2, 0.25) is 11.8 Å². The third kappa shape index (κ3) is 3.56. The quantitative estimate of drug-likeness (QED) is 0.510. The maximum Gasteiger partial charge on any atom is 0.332 e. The van der Waals surface area contributed by atoms with E-state index in [0.717, 1.165) is 35.5 Å². The SMILES string of the molecule is CCC1(CCCCCCSF)C(=O)N(C)C(=O)N(C)C1=O. The molecular formula is C14H23FN2O3S. The Morgan fingerprint density at radius 1 is 1.00 bits per heavy atom. The van der Waals surface area contributed by atoms with E-state index < -0.39 is 23.3 Å². The molecule has 1 rings (SSSR count). The molecule has 0 unspecified atom stereocenters. The zero-order valence-electron chi connectivity index (χ0n) is 12.9. The summed E-state index contributed by atoms with van der Waals surface area (Å²) in [6.45, 7) is 1.80. The Hall–Kier alpha value is -1.11. The van der Waals surface area contributed by atoms with Crippen molar-refractivity contribution in [2.24, 2.45) is 5.41 Å². The number of nitrogens with zero attached hydrogens (tertiary/aromatic N) is 2. The fourth-order valence-electron chi connectivity index (χ4n) is 2.76. The molecule has 0 aromatic rings. The minimum Gasteiger partial charge on any atom is -0.273 e. The van der Waals surface area contributed by atoms with Gasteiger partial charge in [-0.05, 0) is 19.3 Å². The average Bonchev–Trinajstić information content (AvgIpc) is 2.50. The van der Waals surface area contributed by atoms with Gasteiger partial charge in [0, 0.05) is 32.0 Å². The van der Waals surface area contributed by atoms with Crippen LogP contribution < -0.4 is 0 Å². The Labute approximate surface area is 129 Å². The number of rotatable bonds is 8. The van der Waals surface area contributed by atoms with Gasteiger partial charge in [-0.15, -0.1) is 0 Å². The summed E-state index contributed by atoms with van der Waals surface area (Å²) >= 11 is 0.334. The summed E-state index contributed by atoms with van der Waals surface area (Å²) in [4.78, 5) is 38.7. The molecule has 0 saturated carbocycles. The lowest BCUT2D eigenvalue weighted by molar-refractivity contribution is -0.158. The van der Waals surface area contributed by atoms with Crippen molar-refractivity contribution in [3.8, 4) is 0 Å². The standard InChI is InChI=1S/C14H23FN2O3S/c1-4-14(9-7-5-6-8-10-21-15)11(18)16(2)13(20)17(3)12(14)19/h4-10H2,1-3H3. The first kappa shape index (κ1) is 17.9. The number of halogens is 1. The molecule has 1 heterocycles. The summed E-state index contributed by atoms with van der Waals surface area (Å²) in [5, 5.41) is 0. The second-order valence-corrected chi connectivity index (χ2v) is 6.05. The molecule has 1 fully saturated rings. The summed E-state index contributed by atoms with van der Waals surface area (Å²) < 4.78 is 11.9. The van der Waals surface area contributed by atoms with Crippen LogP contribution in [0.3, 0.4) is 0 Å². The first-order valence-electron chi connectivity index (χ1n) is 7.26. The van der Waals surface area contributed by atoms with Crippen LogP contribution in [0.25, 0.3) is 0 Å². The van der Waals surface area contributed by atoms with E-state index in [0.29, 0.717) is 30.7 Å². The van der Waals surface area contributed by atoms with Crippen molar-refractivity contribution in [2.75, 3.05) is 19.8 Å². The number of hydrogen-bond acceptors (Lipinski definition) is 4. The van der Waals surface area contributed by atoms with Gasteiger partial charge in [0.1, 0.15) is 5.41 Å². The summed E-state index contributed by atoms with van der Waals surface area (Å²) in [7, 11) is 2.83. The minimum absolute atomic E-state index is 0.334. The number of carbonyl (C=O) groups is 3. The third-order valence-corrected chi connectivity index (χ3v) is 4.62. The monoisotopic (exact) mass is 318 g/mol. The maximum atomic E-state index is 12.4.